The fourth-order valence-electron chi connectivity index (χ4n) is 2.52. The Kier molecular flexibility index (Phi) is 3.94. The van der Waals surface area contributed by atoms with Gasteiger partial charge >= 0.3 is 0 Å². The van der Waals surface area contributed by atoms with E-state index in [0.717, 1.165) is 11.3 Å². The van der Waals surface area contributed by atoms with Gasteiger partial charge in [-0.05, 0) is 24.6 Å². The number of hydrogen-bond acceptors (Lipinski definition) is 4. The van der Waals surface area contributed by atoms with Crippen molar-refractivity contribution >= 4 is 11.8 Å². The predicted octanol–water partition coefficient (Wildman–Crippen LogP) is 3.40. The number of thioether (sulfide) groups is 1. The molecule has 0 fully saturated rings. The summed E-state index contributed by atoms with van der Waals surface area (Å²) in [5.74, 6) is 1.73. The second-order valence-corrected chi connectivity index (χ2v) is 5.85. The summed E-state index contributed by atoms with van der Waals surface area (Å²) in [6, 6.07) is 10.2. The SMILES string of the molecule is CCOc1cncc(C(O)C2CSc3ccccc32)c1. The van der Waals surface area contributed by atoms with E-state index in [4.69, 9.17) is 4.74 Å². The van der Waals surface area contributed by atoms with E-state index in [0.29, 0.717) is 12.4 Å². The zero-order chi connectivity index (χ0) is 13.9. The van der Waals surface area contributed by atoms with Gasteiger partial charge in [-0.2, -0.15) is 0 Å². The van der Waals surface area contributed by atoms with Gasteiger partial charge in [0.05, 0.1) is 18.9 Å². The standard InChI is InChI=1S/C16H17NO2S/c1-2-19-12-7-11(8-17-9-12)16(18)14-10-20-15-6-4-3-5-13(14)15/h3-9,14,16,18H,2,10H2,1H3. The summed E-state index contributed by atoms with van der Waals surface area (Å²) in [6.45, 7) is 2.54. The van der Waals surface area contributed by atoms with Crippen molar-refractivity contribution in [2.75, 3.05) is 12.4 Å². The first-order valence-electron chi connectivity index (χ1n) is 6.77. The number of ether oxygens (including phenoxy) is 1. The molecule has 0 aliphatic carbocycles. The van der Waals surface area contributed by atoms with E-state index in [2.05, 4.69) is 17.1 Å². The van der Waals surface area contributed by atoms with Crippen LogP contribution in [-0.2, 0) is 0 Å². The molecule has 0 bridgehead atoms. The van der Waals surface area contributed by atoms with Crippen LogP contribution < -0.4 is 4.74 Å². The lowest BCUT2D eigenvalue weighted by Crippen LogP contribution is -2.11. The van der Waals surface area contributed by atoms with Gasteiger partial charge in [-0.3, -0.25) is 4.98 Å². The predicted molar refractivity (Wildman–Crippen MR) is 80.3 cm³/mol. The quantitative estimate of drug-likeness (QED) is 0.936. The van der Waals surface area contributed by atoms with Crippen LogP contribution in [-0.4, -0.2) is 22.5 Å². The highest BCUT2D eigenvalue weighted by molar-refractivity contribution is 7.99. The van der Waals surface area contributed by atoms with Gasteiger partial charge in [0.1, 0.15) is 5.75 Å². The number of hydrogen-bond donors (Lipinski definition) is 1. The maximum Gasteiger partial charge on any atom is 0.137 e. The highest BCUT2D eigenvalue weighted by Gasteiger charge is 2.30. The van der Waals surface area contributed by atoms with Crippen LogP contribution in [0.1, 0.15) is 30.1 Å². The second kappa shape index (κ2) is 5.85. The highest BCUT2D eigenvalue weighted by atomic mass is 32.2. The van der Waals surface area contributed by atoms with E-state index in [-0.39, 0.29) is 5.92 Å². The Balaban J connectivity index is 1.86. The van der Waals surface area contributed by atoms with Gasteiger partial charge in [0.2, 0.25) is 0 Å². The fraction of sp³-hybridized carbons (Fsp3) is 0.312. The molecule has 0 saturated carbocycles. The van der Waals surface area contributed by atoms with Gasteiger partial charge in [-0.25, -0.2) is 0 Å². The number of benzene rings is 1. The fourth-order valence-corrected chi connectivity index (χ4v) is 3.81. The van der Waals surface area contributed by atoms with Crippen LogP contribution in [0.5, 0.6) is 5.75 Å². The summed E-state index contributed by atoms with van der Waals surface area (Å²) in [6.07, 6.45) is 2.86. The van der Waals surface area contributed by atoms with E-state index in [1.54, 1.807) is 24.2 Å². The van der Waals surface area contributed by atoms with Gasteiger partial charge in [0.15, 0.2) is 0 Å². The number of aromatic nitrogens is 1. The molecule has 0 amide bonds. The van der Waals surface area contributed by atoms with Crippen LogP contribution in [0.2, 0.25) is 0 Å². The van der Waals surface area contributed by atoms with Gasteiger partial charge in [0.25, 0.3) is 0 Å². The Hall–Kier alpha value is -1.52. The molecule has 4 heteroatoms. The molecule has 1 aromatic carbocycles. The molecule has 20 heavy (non-hydrogen) atoms. The van der Waals surface area contributed by atoms with Crippen LogP contribution in [0.15, 0.2) is 47.6 Å². The van der Waals surface area contributed by atoms with Crippen molar-refractivity contribution in [1.29, 1.82) is 0 Å². The third kappa shape index (κ3) is 2.53. The van der Waals surface area contributed by atoms with Gasteiger partial charge in [-0.1, -0.05) is 18.2 Å². The summed E-state index contributed by atoms with van der Waals surface area (Å²) >= 11 is 1.80. The lowest BCUT2D eigenvalue weighted by atomic mass is 9.91. The minimum atomic E-state index is -0.543. The van der Waals surface area contributed by atoms with Gasteiger partial charge < -0.3 is 9.84 Å². The molecule has 1 aliphatic rings. The third-order valence-corrected chi connectivity index (χ3v) is 4.71. The molecule has 0 radical (unpaired) electrons. The van der Waals surface area contributed by atoms with Gasteiger partial charge in [-0.15, -0.1) is 11.8 Å². The lowest BCUT2D eigenvalue weighted by Gasteiger charge is -2.19. The van der Waals surface area contributed by atoms with E-state index < -0.39 is 6.10 Å². The van der Waals surface area contributed by atoms with Gasteiger partial charge in [0, 0.05) is 28.3 Å². The zero-order valence-electron chi connectivity index (χ0n) is 11.3. The Morgan fingerprint density at radius 1 is 1.40 bits per heavy atom. The first-order chi connectivity index (χ1) is 9.79. The normalized spacial score (nSPS) is 18.6. The highest BCUT2D eigenvalue weighted by Crippen LogP contribution is 2.45. The van der Waals surface area contributed by atoms with Crippen molar-refractivity contribution in [1.82, 2.24) is 4.98 Å². The largest absolute Gasteiger partial charge is 0.492 e. The van der Waals surface area contributed by atoms with Crippen LogP contribution in [0.3, 0.4) is 0 Å². The minimum Gasteiger partial charge on any atom is -0.492 e. The number of nitrogens with zero attached hydrogens (tertiary/aromatic N) is 1. The molecular formula is C16H17NO2S. The molecule has 104 valence electrons. The molecule has 1 aliphatic heterocycles. The molecule has 3 rings (SSSR count). The number of aliphatic hydroxyl groups excluding tert-OH is 1. The molecule has 2 aromatic rings. The van der Waals surface area contributed by atoms with Crippen molar-refractivity contribution in [2.24, 2.45) is 0 Å². The maximum atomic E-state index is 10.7. The summed E-state index contributed by atoms with van der Waals surface area (Å²) in [4.78, 5) is 5.43. The van der Waals surface area contributed by atoms with Crippen LogP contribution in [0, 0.1) is 0 Å². The van der Waals surface area contributed by atoms with E-state index >= 15 is 0 Å². The smallest absolute Gasteiger partial charge is 0.137 e. The maximum absolute atomic E-state index is 10.7. The van der Waals surface area contributed by atoms with E-state index in [1.165, 1.54) is 10.5 Å². The molecule has 0 saturated heterocycles. The van der Waals surface area contributed by atoms with Crippen LogP contribution >= 0.6 is 11.8 Å². The van der Waals surface area contributed by atoms with Crippen molar-refractivity contribution in [2.45, 2.75) is 23.8 Å². The second-order valence-electron chi connectivity index (χ2n) is 4.79. The van der Waals surface area contributed by atoms with Crippen molar-refractivity contribution in [3.05, 3.63) is 53.9 Å². The Labute approximate surface area is 123 Å². The molecular weight excluding hydrogens is 270 g/mol. The summed E-state index contributed by atoms with van der Waals surface area (Å²) < 4.78 is 5.45. The van der Waals surface area contributed by atoms with Crippen molar-refractivity contribution in [3.63, 3.8) is 0 Å². The molecule has 2 unspecified atom stereocenters. The minimum absolute atomic E-state index is 0.120. The first kappa shape index (κ1) is 13.5. The van der Waals surface area contributed by atoms with Crippen LogP contribution in [0.25, 0.3) is 0 Å². The van der Waals surface area contributed by atoms with E-state index in [9.17, 15) is 5.11 Å². The molecule has 0 spiro atoms. The lowest BCUT2D eigenvalue weighted by molar-refractivity contribution is 0.153. The average molecular weight is 287 g/mol. The molecule has 2 atom stereocenters. The summed E-state index contributed by atoms with van der Waals surface area (Å²) in [7, 11) is 0. The monoisotopic (exact) mass is 287 g/mol. The number of aliphatic hydroxyl groups is 1. The Morgan fingerprint density at radius 3 is 3.10 bits per heavy atom. The number of pyridine rings is 1. The number of rotatable bonds is 4. The van der Waals surface area contributed by atoms with Crippen molar-refractivity contribution in [3.8, 4) is 5.75 Å². The third-order valence-electron chi connectivity index (χ3n) is 3.50. The first-order valence-corrected chi connectivity index (χ1v) is 7.75. The average Bonchev–Trinajstić information content (AvgIpc) is 2.91. The molecule has 3 nitrogen and oxygen atoms in total. The van der Waals surface area contributed by atoms with Crippen LogP contribution in [0.4, 0.5) is 0 Å². The summed E-state index contributed by atoms with van der Waals surface area (Å²) in [5, 5.41) is 10.7. The van der Waals surface area contributed by atoms with E-state index in [1.807, 2.05) is 25.1 Å². The molecule has 1 aromatic heterocycles. The number of fused-ring (bicyclic) bond motifs is 1. The molecule has 2 heterocycles. The van der Waals surface area contributed by atoms with Crippen molar-refractivity contribution < 1.29 is 9.84 Å². The summed E-state index contributed by atoms with van der Waals surface area (Å²) in [5.41, 5.74) is 2.05. The Morgan fingerprint density at radius 2 is 2.25 bits per heavy atom. The Bertz CT molecular complexity index is 603. The zero-order valence-corrected chi connectivity index (χ0v) is 12.1. The molecule has 1 N–H and O–H groups in total. The topological polar surface area (TPSA) is 42.4 Å².